The first kappa shape index (κ1) is 16.9. The number of ether oxygens (including phenoxy) is 1. The Bertz CT molecular complexity index is 1330. The Morgan fingerprint density at radius 3 is 2.66 bits per heavy atom. The summed E-state index contributed by atoms with van der Waals surface area (Å²) in [5, 5.41) is 29.3. The van der Waals surface area contributed by atoms with E-state index >= 15 is 0 Å². The molecule has 5 rings (SSSR count). The highest BCUT2D eigenvalue weighted by Gasteiger charge is 2.35. The van der Waals surface area contributed by atoms with Crippen LogP contribution >= 0.6 is 0 Å². The van der Waals surface area contributed by atoms with Crippen LogP contribution in [0.2, 0.25) is 0 Å². The predicted molar refractivity (Wildman–Crippen MR) is 109 cm³/mol. The second-order valence-corrected chi connectivity index (χ2v) is 6.90. The molecular formula is C23H16N4O2. The number of H-pyrrole nitrogens is 1. The van der Waals surface area contributed by atoms with Gasteiger partial charge in [0.15, 0.2) is 0 Å². The van der Waals surface area contributed by atoms with E-state index in [0.717, 1.165) is 33.2 Å². The summed E-state index contributed by atoms with van der Waals surface area (Å²) in [5.74, 6) is -0.0406. The molecule has 140 valence electrons. The summed E-state index contributed by atoms with van der Waals surface area (Å²) < 4.78 is 5.64. The number of nitriles is 1. The lowest BCUT2D eigenvalue weighted by Gasteiger charge is -2.24. The molecule has 29 heavy (non-hydrogen) atoms. The zero-order valence-electron chi connectivity index (χ0n) is 15.3. The van der Waals surface area contributed by atoms with E-state index in [2.05, 4.69) is 28.4 Å². The fourth-order valence-corrected chi connectivity index (χ4v) is 3.85. The van der Waals surface area contributed by atoms with E-state index in [0.29, 0.717) is 5.88 Å². The van der Waals surface area contributed by atoms with Gasteiger partial charge in [0.2, 0.25) is 11.8 Å². The average Bonchev–Trinajstić information content (AvgIpc) is 3.15. The van der Waals surface area contributed by atoms with Crippen molar-refractivity contribution in [2.75, 3.05) is 0 Å². The molecule has 3 aromatic carbocycles. The molecule has 1 aliphatic rings. The number of allylic oxidation sites excluding steroid dienone is 1. The number of nitrogens with two attached hydrogens (primary N) is 1. The summed E-state index contributed by atoms with van der Waals surface area (Å²) in [6, 6.07) is 23.2. The fourth-order valence-electron chi connectivity index (χ4n) is 3.85. The first-order valence-electron chi connectivity index (χ1n) is 9.09. The Labute approximate surface area is 166 Å². The number of nitrogens with one attached hydrogen (secondary N) is 1. The molecule has 6 heteroatoms. The summed E-state index contributed by atoms with van der Waals surface area (Å²) in [4.78, 5) is 0. The number of benzene rings is 3. The van der Waals surface area contributed by atoms with Crippen molar-refractivity contribution < 1.29 is 9.84 Å². The van der Waals surface area contributed by atoms with Crippen LogP contribution in [0.25, 0.3) is 22.0 Å². The van der Waals surface area contributed by atoms with Crippen molar-refractivity contribution in [1.29, 1.82) is 5.26 Å². The topological polar surface area (TPSA) is 108 Å². The summed E-state index contributed by atoms with van der Waals surface area (Å²) in [5.41, 5.74) is 9.42. The molecule has 1 aliphatic heterocycles. The van der Waals surface area contributed by atoms with Crippen LogP contribution in [0.5, 0.6) is 11.6 Å². The minimum absolute atomic E-state index is 0.0184. The second kappa shape index (κ2) is 6.43. The quantitative estimate of drug-likeness (QED) is 0.484. The number of rotatable bonds is 2. The number of aromatic hydroxyl groups is 1. The van der Waals surface area contributed by atoms with Gasteiger partial charge in [0.1, 0.15) is 17.4 Å². The lowest BCUT2D eigenvalue weighted by atomic mass is 9.83. The lowest BCUT2D eigenvalue weighted by Crippen LogP contribution is -2.20. The third kappa shape index (κ3) is 2.68. The van der Waals surface area contributed by atoms with Gasteiger partial charge in [-0.15, -0.1) is 5.10 Å². The Morgan fingerprint density at radius 2 is 1.86 bits per heavy atom. The van der Waals surface area contributed by atoms with Crippen molar-refractivity contribution in [3.63, 3.8) is 0 Å². The van der Waals surface area contributed by atoms with Crippen molar-refractivity contribution >= 4 is 10.8 Å². The van der Waals surface area contributed by atoms with E-state index in [1.54, 1.807) is 18.2 Å². The Morgan fingerprint density at radius 1 is 1.03 bits per heavy atom. The highest BCUT2D eigenvalue weighted by atomic mass is 16.5. The number of hydrogen-bond acceptors (Lipinski definition) is 5. The summed E-state index contributed by atoms with van der Waals surface area (Å²) in [7, 11) is 0. The van der Waals surface area contributed by atoms with Gasteiger partial charge < -0.3 is 15.6 Å². The maximum atomic E-state index is 9.99. The molecule has 0 aliphatic carbocycles. The van der Waals surface area contributed by atoms with Crippen molar-refractivity contribution in [2.24, 2.45) is 5.73 Å². The van der Waals surface area contributed by atoms with E-state index in [9.17, 15) is 10.4 Å². The minimum Gasteiger partial charge on any atom is -0.508 e. The Balaban J connectivity index is 1.74. The van der Waals surface area contributed by atoms with E-state index in [1.807, 2.05) is 36.4 Å². The molecular weight excluding hydrogens is 364 g/mol. The first-order valence-corrected chi connectivity index (χ1v) is 9.09. The molecule has 0 saturated carbocycles. The van der Waals surface area contributed by atoms with Crippen LogP contribution in [0.15, 0.2) is 78.2 Å². The SMILES string of the molecule is N#CC1=C(N)Oc2n[nH]c(-c3ccc4ccccc4c3)c2[C@H]1c1cccc(O)c1. The van der Waals surface area contributed by atoms with Crippen molar-refractivity contribution in [1.82, 2.24) is 10.2 Å². The van der Waals surface area contributed by atoms with Crippen molar-refractivity contribution in [2.45, 2.75) is 5.92 Å². The van der Waals surface area contributed by atoms with E-state index in [1.165, 1.54) is 0 Å². The van der Waals surface area contributed by atoms with Gasteiger partial charge in [0.25, 0.3) is 0 Å². The van der Waals surface area contributed by atoms with E-state index in [4.69, 9.17) is 10.5 Å². The van der Waals surface area contributed by atoms with Crippen LogP contribution in [0.4, 0.5) is 0 Å². The monoisotopic (exact) mass is 380 g/mol. The summed E-state index contributed by atoms with van der Waals surface area (Å²) >= 11 is 0. The van der Waals surface area contributed by atoms with Crippen LogP contribution in [-0.4, -0.2) is 15.3 Å². The van der Waals surface area contributed by atoms with Gasteiger partial charge in [-0.25, -0.2) is 0 Å². The Hall–Kier alpha value is -4.24. The number of phenols is 1. The summed E-state index contributed by atoms with van der Waals surface area (Å²) in [6.45, 7) is 0. The number of aromatic nitrogens is 2. The zero-order chi connectivity index (χ0) is 20.0. The first-order chi connectivity index (χ1) is 14.2. The van der Waals surface area contributed by atoms with Crippen molar-refractivity contribution in [3.8, 4) is 29.0 Å². The third-order valence-electron chi connectivity index (χ3n) is 5.18. The molecule has 6 nitrogen and oxygen atoms in total. The standard InChI is InChI=1S/C23H16N4O2/c24-12-18-19(15-6-3-7-17(28)11-15)20-21(26-27-23(20)29-22(18)25)16-9-8-13-4-1-2-5-14(13)10-16/h1-11,19,28H,25H2,(H,26,27)/t19-/m0/s1. The van der Waals surface area contributed by atoms with Gasteiger partial charge in [-0.1, -0.05) is 48.5 Å². The molecule has 0 unspecified atom stereocenters. The maximum Gasteiger partial charge on any atom is 0.244 e. The maximum absolute atomic E-state index is 9.99. The minimum atomic E-state index is -0.504. The number of hydrogen-bond donors (Lipinski definition) is 3. The number of aromatic amines is 1. The van der Waals surface area contributed by atoms with Gasteiger partial charge in [-0.2, -0.15) is 5.26 Å². The van der Waals surface area contributed by atoms with Gasteiger partial charge in [0, 0.05) is 5.56 Å². The fraction of sp³-hybridized carbons (Fsp3) is 0.0435. The lowest BCUT2D eigenvalue weighted by molar-refractivity contribution is 0.378. The average molecular weight is 380 g/mol. The van der Waals surface area contributed by atoms with Gasteiger partial charge >= 0.3 is 0 Å². The second-order valence-electron chi connectivity index (χ2n) is 6.90. The highest BCUT2D eigenvalue weighted by Crippen LogP contribution is 2.46. The number of phenolic OH excluding ortho intramolecular Hbond substituents is 1. The normalized spacial score (nSPS) is 15.6. The number of nitrogens with zero attached hydrogens (tertiary/aromatic N) is 2. The zero-order valence-corrected chi connectivity index (χ0v) is 15.3. The number of fused-ring (bicyclic) bond motifs is 2. The van der Waals surface area contributed by atoms with Crippen LogP contribution in [-0.2, 0) is 0 Å². The Kier molecular flexibility index (Phi) is 3.75. The summed E-state index contributed by atoms with van der Waals surface area (Å²) in [6.07, 6.45) is 0. The molecule has 2 heterocycles. The van der Waals surface area contributed by atoms with Crippen molar-refractivity contribution in [3.05, 3.63) is 89.3 Å². The molecule has 4 N–H and O–H groups in total. The molecule has 0 saturated heterocycles. The molecule has 4 aromatic rings. The molecule has 0 spiro atoms. The molecule has 0 bridgehead atoms. The predicted octanol–water partition coefficient (Wildman–Crippen LogP) is 4.15. The van der Waals surface area contributed by atoms with Gasteiger partial charge in [-0.05, 0) is 34.5 Å². The molecule has 0 radical (unpaired) electrons. The third-order valence-corrected chi connectivity index (χ3v) is 5.18. The van der Waals surface area contributed by atoms with Gasteiger partial charge in [0.05, 0.1) is 17.2 Å². The van der Waals surface area contributed by atoms with Gasteiger partial charge in [-0.3, -0.25) is 5.10 Å². The van der Waals surface area contributed by atoms with Crippen LogP contribution < -0.4 is 10.5 Å². The van der Waals surface area contributed by atoms with E-state index in [-0.39, 0.29) is 17.2 Å². The molecule has 1 atom stereocenters. The smallest absolute Gasteiger partial charge is 0.244 e. The van der Waals surface area contributed by atoms with Crippen LogP contribution in [0, 0.1) is 11.3 Å². The molecule has 0 amide bonds. The molecule has 1 aromatic heterocycles. The van der Waals surface area contributed by atoms with Crippen LogP contribution in [0.1, 0.15) is 17.0 Å². The largest absolute Gasteiger partial charge is 0.508 e. The highest BCUT2D eigenvalue weighted by molar-refractivity contribution is 5.87. The molecule has 0 fully saturated rings. The van der Waals surface area contributed by atoms with Crippen LogP contribution in [0.3, 0.4) is 0 Å². The van der Waals surface area contributed by atoms with E-state index < -0.39 is 5.92 Å².